The van der Waals surface area contributed by atoms with Crippen molar-refractivity contribution in [3.63, 3.8) is 0 Å². The van der Waals surface area contributed by atoms with E-state index in [1.54, 1.807) is 0 Å². The van der Waals surface area contributed by atoms with Gasteiger partial charge < -0.3 is 4.57 Å². The number of rotatable bonds is 3. The van der Waals surface area contributed by atoms with Gasteiger partial charge in [-0.05, 0) is 37.5 Å². The average molecular weight is 278 g/mol. The third-order valence-corrected chi connectivity index (χ3v) is 3.96. The molecule has 2 nitrogen and oxygen atoms in total. The maximum Gasteiger partial charge on any atom is 0.141 e. The van der Waals surface area contributed by atoms with Gasteiger partial charge in [-0.1, -0.05) is 44.2 Å². The van der Waals surface area contributed by atoms with Gasteiger partial charge in [0, 0.05) is 23.2 Å². The highest BCUT2D eigenvalue weighted by Gasteiger charge is 2.15. The SMILES string of the molecule is CC(C)c1cn(C(C)C)c2nc(-c3ccccc3)ccc12. The minimum atomic E-state index is 0.415. The van der Waals surface area contributed by atoms with E-state index in [1.807, 2.05) is 6.07 Å². The number of fused-ring (bicyclic) bond motifs is 1. The molecule has 0 fully saturated rings. The van der Waals surface area contributed by atoms with Crippen LogP contribution in [-0.2, 0) is 0 Å². The van der Waals surface area contributed by atoms with Crippen LogP contribution in [0.3, 0.4) is 0 Å². The predicted octanol–water partition coefficient (Wildman–Crippen LogP) is 5.41. The lowest BCUT2D eigenvalue weighted by atomic mass is 10.0. The first-order chi connectivity index (χ1) is 10.1. The fraction of sp³-hybridized carbons (Fsp3) is 0.316. The Morgan fingerprint density at radius 1 is 0.905 bits per heavy atom. The molecule has 0 N–H and O–H groups in total. The molecule has 0 aliphatic rings. The van der Waals surface area contributed by atoms with E-state index in [1.165, 1.54) is 16.5 Å². The second kappa shape index (κ2) is 5.36. The molecule has 3 aromatic rings. The molecule has 0 saturated heterocycles. The average Bonchev–Trinajstić information content (AvgIpc) is 2.87. The molecule has 3 rings (SSSR count). The summed E-state index contributed by atoms with van der Waals surface area (Å²) < 4.78 is 2.29. The first-order valence-electron chi connectivity index (χ1n) is 7.65. The Labute approximate surface area is 126 Å². The molecule has 2 heteroatoms. The Hall–Kier alpha value is -2.09. The third-order valence-electron chi connectivity index (χ3n) is 3.96. The van der Waals surface area contributed by atoms with Gasteiger partial charge >= 0.3 is 0 Å². The van der Waals surface area contributed by atoms with Crippen LogP contribution in [0.1, 0.15) is 45.2 Å². The zero-order chi connectivity index (χ0) is 15.0. The zero-order valence-corrected chi connectivity index (χ0v) is 13.2. The van der Waals surface area contributed by atoms with Crippen molar-refractivity contribution in [2.24, 2.45) is 0 Å². The van der Waals surface area contributed by atoms with Crippen LogP contribution >= 0.6 is 0 Å². The molecule has 0 aliphatic heterocycles. The monoisotopic (exact) mass is 278 g/mol. The van der Waals surface area contributed by atoms with Crippen LogP contribution in [0.25, 0.3) is 22.3 Å². The van der Waals surface area contributed by atoms with Gasteiger partial charge in [-0.25, -0.2) is 4.98 Å². The molecule has 108 valence electrons. The third kappa shape index (κ3) is 2.46. The van der Waals surface area contributed by atoms with Crippen molar-refractivity contribution in [3.8, 4) is 11.3 Å². The van der Waals surface area contributed by atoms with E-state index < -0.39 is 0 Å². The van der Waals surface area contributed by atoms with Gasteiger partial charge in [-0.15, -0.1) is 0 Å². The van der Waals surface area contributed by atoms with E-state index in [-0.39, 0.29) is 0 Å². The summed E-state index contributed by atoms with van der Waals surface area (Å²) in [6.45, 7) is 8.90. The van der Waals surface area contributed by atoms with Gasteiger partial charge in [0.05, 0.1) is 5.69 Å². The second-order valence-electron chi connectivity index (χ2n) is 6.17. The normalized spacial score (nSPS) is 11.7. The largest absolute Gasteiger partial charge is 0.330 e. The Bertz CT molecular complexity index is 752. The lowest BCUT2D eigenvalue weighted by Gasteiger charge is -2.09. The summed E-state index contributed by atoms with van der Waals surface area (Å²) in [5.74, 6) is 0.511. The van der Waals surface area contributed by atoms with Crippen LogP contribution in [0.2, 0.25) is 0 Å². The predicted molar refractivity (Wildman–Crippen MR) is 89.6 cm³/mol. The quantitative estimate of drug-likeness (QED) is 0.626. The van der Waals surface area contributed by atoms with Gasteiger partial charge in [0.15, 0.2) is 0 Å². The molecule has 1 aromatic carbocycles. The van der Waals surface area contributed by atoms with Crippen molar-refractivity contribution in [2.45, 2.75) is 39.7 Å². The highest BCUT2D eigenvalue weighted by atomic mass is 15.1. The minimum absolute atomic E-state index is 0.415. The highest BCUT2D eigenvalue weighted by molar-refractivity contribution is 5.83. The number of aromatic nitrogens is 2. The standard InChI is InChI=1S/C19H22N2/c1-13(2)17-12-21(14(3)4)19-16(17)10-11-18(20-19)15-8-6-5-7-9-15/h5-14H,1-4H3. The number of pyridine rings is 1. The topological polar surface area (TPSA) is 17.8 Å². The molecule has 0 radical (unpaired) electrons. The number of hydrogen-bond donors (Lipinski definition) is 0. The molecule has 0 aliphatic carbocycles. The van der Waals surface area contributed by atoms with E-state index in [0.717, 1.165) is 11.3 Å². The lowest BCUT2D eigenvalue weighted by Crippen LogP contribution is -2.00. The number of hydrogen-bond acceptors (Lipinski definition) is 1. The molecule has 21 heavy (non-hydrogen) atoms. The molecule has 0 bridgehead atoms. The maximum absolute atomic E-state index is 4.93. The zero-order valence-electron chi connectivity index (χ0n) is 13.2. The summed E-state index contributed by atoms with van der Waals surface area (Å²) in [5.41, 5.74) is 4.68. The summed E-state index contributed by atoms with van der Waals surface area (Å²) in [4.78, 5) is 4.93. The summed E-state index contributed by atoms with van der Waals surface area (Å²) in [6, 6.07) is 15.1. The van der Waals surface area contributed by atoms with Gasteiger partial charge in [0.25, 0.3) is 0 Å². The van der Waals surface area contributed by atoms with Crippen molar-refractivity contribution < 1.29 is 0 Å². The van der Waals surface area contributed by atoms with Crippen molar-refractivity contribution in [1.82, 2.24) is 9.55 Å². The summed E-state index contributed by atoms with van der Waals surface area (Å²) >= 11 is 0. The van der Waals surface area contributed by atoms with Crippen molar-refractivity contribution in [2.75, 3.05) is 0 Å². The van der Waals surface area contributed by atoms with Crippen LogP contribution in [0.5, 0.6) is 0 Å². The van der Waals surface area contributed by atoms with Gasteiger partial charge in [-0.3, -0.25) is 0 Å². The van der Waals surface area contributed by atoms with Crippen LogP contribution in [-0.4, -0.2) is 9.55 Å². The Morgan fingerprint density at radius 2 is 1.62 bits per heavy atom. The van der Waals surface area contributed by atoms with E-state index in [0.29, 0.717) is 12.0 Å². The Kier molecular flexibility index (Phi) is 3.54. The highest BCUT2D eigenvalue weighted by Crippen LogP contribution is 2.30. The van der Waals surface area contributed by atoms with Crippen LogP contribution in [0, 0.1) is 0 Å². The van der Waals surface area contributed by atoms with E-state index in [9.17, 15) is 0 Å². The Morgan fingerprint density at radius 3 is 2.24 bits per heavy atom. The number of nitrogens with zero attached hydrogens (tertiary/aromatic N) is 2. The second-order valence-corrected chi connectivity index (χ2v) is 6.17. The summed E-state index contributed by atoms with van der Waals surface area (Å²) in [5, 5.41) is 1.28. The molecule has 0 amide bonds. The lowest BCUT2D eigenvalue weighted by molar-refractivity contribution is 0.614. The molecular formula is C19H22N2. The first-order valence-corrected chi connectivity index (χ1v) is 7.65. The summed E-state index contributed by atoms with van der Waals surface area (Å²) in [6.07, 6.45) is 2.27. The molecule has 2 aromatic heterocycles. The van der Waals surface area contributed by atoms with Crippen LogP contribution < -0.4 is 0 Å². The van der Waals surface area contributed by atoms with Crippen LogP contribution in [0.4, 0.5) is 0 Å². The first kappa shape index (κ1) is 13.9. The van der Waals surface area contributed by atoms with Crippen LogP contribution in [0.15, 0.2) is 48.7 Å². The molecule has 2 heterocycles. The number of benzene rings is 1. The minimum Gasteiger partial charge on any atom is -0.330 e. The molecule has 0 atom stereocenters. The fourth-order valence-corrected chi connectivity index (χ4v) is 2.77. The molecule has 0 spiro atoms. The van der Waals surface area contributed by atoms with E-state index in [4.69, 9.17) is 4.98 Å². The smallest absolute Gasteiger partial charge is 0.141 e. The molecule has 0 unspecified atom stereocenters. The Balaban J connectivity index is 2.23. The van der Waals surface area contributed by atoms with E-state index in [2.05, 4.69) is 74.9 Å². The fourth-order valence-electron chi connectivity index (χ4n) is 2.77. The van der Waals surface area contributed by atoms with Gasteiger partial charge in [0.2, 0.25) is 0 Å². The van der Waals surface area contributed by atoms with Gasteiger partial charge in [0.1, 0.15) is 5.65 Å². The van der Waals surface area contributed by atoms with Gasteiger partial charge in [-0.2, -0.15) is 0 Å². The molecule has 0 saturated carbocycles. The van der Waals surface area contributed by atoms with Crippen molar-refractivity contribution in [3.05, 3.63) is 54.2 Å². The maximum atomic E-state index is 4.93. The van der Waals surface area contributed by atoms with E-state index >= 15 is 0 Å². The van der Waals surface area contributed by atoms with Crippen molar-refractivity contribution >= 4 is 11.0 Å². The van der Waals surface area contributed by atoms with Crippen molar-refractivity contribution in [1.29, 1.82) is 0 Å². The molecular weight excluding hydrogens is 256 g/mol. The summed E-state index contributed by atoms with van der Waals surface area (Å²) in [7, 11) is 0.